The Morgan fingerprint density at radius 1 is 1.10 bits per heavy atom. The van der Waals surface area contributed by atoms with Gasteiger partial charge in [0.25, 0.3) is 0 Å². The number of urea groups is 1. The molecule has 11 heteroatoms. The molecule has 3 amide bonds. The van der Waals surface area contributed by atoms with Crippen molar-refractivity contribution in [2.75, 3.05) is 13.2 Å². The molecule has 0 saturated carbocycles. The second-order valence-electron chi connectivity index (χ2n) is 9.76. The van der Waals surface area contributed by atoms with Crippen LogP contribution in [0, 0.1) is 13.8 Å². The fraction of sp³-hybridized carbons (Fsp3) is 0.393. The number of aliphatic hydroxyl groups excluding tert-OH is 1. The number of carbonyl (C=O) groups is 4. The highest BCUT2D eigenvalue weighted by Gasteiger charge is 2.59. The molecule has 1 unspecified atom stereocenters. The highest BCUT2D eigenvalue weighted by atomic mass is 16.6. The van der Waals surface area contributed by atoms with Crippen molar-refractivity contribution >= 4 is 29.5 Å². The van der Waals surface area contributed by atoms with Crippen LogP contribution in [0.25, 0.3) is 0 Å². The molecule has 0 spiro atoms. The maximum absolute atomic E-state index is 13.8. The second kappa shape index (κ2) is 11.0. The molecule has 4 atom stereocenters. The first kappa shape index (κ1) is 28.1. The van der Waals surface area contributed by atoms with Gasteiger partial charge in [0, 0.05) is 31.0 Å². The van der Waals surface area contributed by atoms with Gasteiger partial charge in [0.15, 0.2) is 17.2 Å². The van der Waals surface area contributed by atoms with E-state index in [1.165, 1.54) is 11.8 Å². The number of nitrogens with zero attached hydrogens (tertiary/aromatic N) is 3. The lowest BCUT2D eigenvalue weighted by molar-refractivity contribution is -0.115. The molecule has 2 heterocycles. The average molecular weight is 537 g/mol. The minimum absolute atomic E-state index is 0.0672. The number of hydrogen-bond acceptors (Lipinski definition) is 7. The van der Waals surface area contributed by atoms with Gasteiger partial charge < -0.3 is 19.8 Å². The summed E-state index contributed by atoms with van der Waals surface area (Å²) in [5.74, 6) is -1.87. The van der Waals surface area contributed by atoms with E-state index in [0.717, 1.165) is 0 Å². The molecule has 2 aromatic rings. The molecule has 2 saturated heterocycles. The summed E-state index contributed by atoms with van der Waals surface area (Å²) in [6, 6.07) is 12.6. The van der Waals surface area contributed by atoms with E-state index >= 15 is 0 Å². The largest absolute Gasteiger partial charge is 0.382 e. The van der Waals surface area contributed by atoms with Gasteiger partial charge in [0.05, 0.1) is 0 Å². The van der Waals surface area contributed by atoms with Gasteiger partial charge in [-0.1, -0.05) is 48.5 Å². The monoisotopic (exact) mass is 536 g/mol. The summed E-state index contributed by atoms with van der Waals surface area (Å²) in [4.78, 5) is 58.4. The van der Waals surface area contributed by atoms with Crippen LogP contribution >= 0.6 is 0 Å². The van der Waals surface area contributed by atoms with E-state index in [1.807, 2.05) is 0 Å². The van der Waals surface area contributed by atoms with Crippen LogP contribution in [0.2, 0.25) is 0 Å². The number of nitrogens with one attached hydrogen (secondary N) is 1. The Kier molecular flexibility index (Phi) is 7.96. The minimum Gasteiger partial charge on any atom is -0.382 e. The summed E-state index contributed by atoms with van der Waals surface area (Å²) in [5.41, 5.74) is -0.703. The van der Waals surface area contributed by atoms with Crippen LogP contribution in [0.15, 0.2) is 53.5 Å². The highest BCUT2D eigenvalue weighted by molar-refractivity contribution is 6.07. The van der Waals surface area contributed by atoms with Gasteiger partial charge in [-0.2, -0.15) is 4.99 Å². The topological polar surface area (TPSA) is 149 Å². The van der Waals surface area contributed by atoms with Crippen molar-refractivity contribution < 1.29 is 34.1 Å². The minimum atomic E-state index is -2.33. The Bertz CT molecular complexity index is 1340. The Balaban J connectivity index is 1.71. The number of aliphatic imine (C=N–C) groups is 1. The number of guanidine groups is 1. The van der Waals surface area contributed by atoms with Crippen molar-refractivity contribution in [3.63, 3.8) is 0 Å². The number of carbonyl (C=O) groups excluding carboxylic acids is 4. The molecule has 4 rings (SSSR count). The van der Waals surface area contributed by atoms with Crippen molar-refractivity contribution in [2.45, 2.75) is 58.2 Å². The van der Waals surface area contributed by atoms with E-state index in [4.69, 9.17) is 4.74 Å². The van der Waals surface area contributed by atoms with Gasteiger partial charge in [0.1, 0.15) is 25.1 Å². The third-order valence-corrected chi connectivity index (χ3v) is 7.10. The zero-order valence-corrected chi connectivity index (χ0v) is 22.2. The smallest absolute Gasteiger partial charge is 0.327 e. The zero-order chi connectivity index (χ0) is 28.5. The van der Waals surface area contributed by atoms with Gasteiger partial charge in [-0.25, -0.2) is 4.79 Å². The molecule has 206 valence electrons. The number of benzene rings is 2. The third kappa shape index (κ3) is 5.33. The molecular formula is C28H32N4O7. The van der Waals surface area contributed by atoms with Crippen molar-refractivity contribution in [2.24, 2.45) is 4.99 Å². The predicted octanol–water partition coefficient (Wildman–Crippen LogP) is 1.78. The Morgan fingerprint density at radius 2 is 1.69 bits per heavy atom. The lowest BCUT2D eigenvalue weighted by Crippen LogP contribution is -2.62. The number of aliphatic hydroxyl groups is 2. The summed E-state index contributed by atoms with van der Waals surface area (Å²) in [6.07, 6.45) is -5.15. The van der Waals surface area contributed by atoms with Crippen LogP contribution in [0.4, 0.5) is 4.79 Å². The van der Waals surface area contributed by atoms with Gasteiger partial charge in [0.2, 0.25) is 11.9 Å². The van der Waals surface area contributed by atoms with Crippen LogP contribution in [0.5, 0.6) is 0 Å². The van der Waals surface area contributed by atoms with Crippen molar-refractivity contribution in [1.82, 2.24) is 15.1 Å². The first-order valence-electron chi connectivity index (χ1n) is 12.7. The molecule has 2 aliphatic heterocycles. The quantitative estimate of drug-likeness (QED) is 0.454. The molecule has 0 aliphatic carbocycles. The standard InChI is InChI=1S/C28H32N4O7/c1-5-31-15-32(27(37)30-26(31)29-18(4)33)21-14-28(38,24(36)20-13-9-7-11-17(20)3)25(39-21)23(35)22(34)19-12-8-6-10-16(19)2/h6-13,21,23,25,35,38H,5,14-15H2,1-4H3,(H,29,30,33,37)/t21-,23?,25-,28-/m1/s1. The fourth-order valence-electron chi connectivity index (χ4n) is 4.94. The van der Waals surface area contributed by atoms with Crippen molar-refractivity contribution in [3.05, 3.63) is 70.8 Å². The number of hydrogen-bond donors (Lipinski definition) is 3. The van der Waals surface area contributed by atoms with E-state index in [-0.39, 0.29) is 23.8 Å². The Hall–Kier alpha value is -3.93. The first-order valence-corrected chi connectivity index (χ1v) is 12.7. The average Bonchev–Trinajstić information content (AvgIpc) is 3.26. The molecular weight excluding hydrogens is 504 g/mol. The number of ketones is 2. The zero-order valence-electron chi connectivity index (χ0n) is 22.2. The molecule has 39 heavy (non-hydrogen) atoms. The molecule has 2 fully saturated rings. The Morgan fingerprint density at radius 3 is 2.26 bits per heavy atom. The molecule has 0 radical (unpaired) electrons. The van der Waals surface area contributed by atoms with Crippen LogP contribution in [-0.4, -0.2) is 86.7 Å². The van der Waals surface area contributed by atoms with Crippen LogP contribution in [0.3, 0.4) is 0 Å². The summed E-state index contributed by atoms with van der Waals surface area (Å²) in [5, 5.41) is 25.7. The highest BCUT2D eigenvalue weighted by Crippen LogP contribution is 2.39. The van der Waals surface area contributed by atoms with E-state index in [1.54, 1.807) is 74.2 Å². The van der Waals surface area contributed by atoms with Crippen LogP contribution in [-0.2, 0) is 9.53 Å². The molecule has 11 nitrogen and oxygen atoms in total. The normalized spacial score (nSPS) is 25.0. The number of ether oxygens (including phenoxy) is 1. The number of amides is 3. The van der Waals surface area contributed by atoms with Gasteiger partial charge in [-0.05, 0) is 31.9 Å². The van der Waals surface area contributed by atoms with E-state index in [2.05, 4.69) is 10.3 Å². The van der Waals surface area contributed by atoms with Gasteiger partial charge >= 0.3 is 6.03 Å². The SMILES string of the molecule is CCN1CN([C@H]2C[C@@](O)(C(=O)c3ccccc3C)[C@@H](C(O)C(=O)c3ccccc3C)O2)C(=O)NC1=NC(C)=O. The fourth-order valence-corrected chi connectivity index (χ4v) is 4.94. The van der Waals surface area contributed by atoms with Crippen LogP contribution in [0.1, 0.15) is 52.1 Å². The van der Waals surface area contributed by atoms with Crippen molar-refractivity contribution in [1.29, 1.82) is 0 Å². The lowest BCUT2D eigenvalue weighted by Gasteiger charge is -2.39. The van der Waals surface area contributed by atoms with E-state index in [9.17, 15) is 29.4 Å². The molecule has 2 aromatic carbocycles. The number of aryl methyl sites for hydroxylation is 2. The molecule has 0 bridgehead atoms. The maximum atomic E-state index is 13.8. The summed E-state index contributed by atoms with van der Waals surface area (Å²) >= 11 is 0. The van der Waals surface area contributed by atoms with Gasteiger partial charge in [-0.3, -0.25) is 24.6 Å². The third-order valence-electron chi connectivity index (χ3n) is 7.10. The second-order valence-corrected chi connectivity index (χ2v) is 9.76. The van der Waals surface area contributed by atoms with Crippen LogP contribution < -0.4 is 5.32 Å². The lowest BCUT2D eigenvalue weighted by atomic mass is 9.81. The molecule has 3 N–H and O–H groups in total. The Labute approximate surface area is 226 Å². The van der Waals surface area contributed by atoms with E-state index in [0.29, 0.717) is 17.7 Å². The van der Waals surface area contributed by atoms with Crippen molar-refractivity contribution in [3.8, 4) is 0 Å². The summed E-state index contributed by atoms with van der Waals surface area (Å²) in [7, 11) is 0. The first-order chi connectivity index (χ1) is 18.5. The maximum Gasteiger partial charge on any atom is 0.327 e. The summed E-state index contributed by atoms with van der Waals surface area (Å²) in [6.45, 7) is 6.78. The number of rotatable bonds is 7. The molecule has 2 aliphatic rings. The number of Topliss-reactive ketones (excluding diaryl/α,β-unsaturated/α-hetero) is 2. The predicted molar refractivity (Wildman–Crippen MR) is 141 cm³/mol. The molecule has 0 aromatic heterocycles. The van der Waals surface area contributed by atoms with E-state index < -0.39 is 54.0 Å². The van der Waals surface area contributed by atoms with Gasteiger partial charge in [-0.15, -0.1) is 0 Å². The summed E-state index contributed by atoms with van der Waals surface area (Å²) < 4.78 is 6.01.